The number of carbonyl (C=O) groups is 1. The summed E-state index contributed by atoms with van der Waals surface area (Å²) in [5, 5.41) is 3.82. The van der Waals surface area contributed by atoms with Crippen molar-refractivity contribution in [1.29, 1.82) is 0 Å². The fraction of sp³-hybridized carbons (Fsp3) is 0.235. The minimum Gasteiger partial charge on any atom is -0.325 e. The number of nitrogens with zero attached hydrogens (tertiary/aromatic N) is 1. The van der Waals surface area contributed by atoms with Crippen LogP contribution in [0.4, 0.5) is 5.69 Å². The van der Waals surface area contributed by atoms with Gasteiger partial charge in [-0.1, -0.05) is 35.3 Å². The van der Waals surface area contributed by atoms with Gasteiger partial charge in [0, 0.05) is 35.6 Å². The highest BCUT2D eigenvalue weighted by Crippen LogP contribution is 2.28. The predicted molar refractivity (Wildman–Crippen MR) is 109 cm³/mol. The van der Waals surface area contributed by atoms with Gasteiger partial charge >= 0.3 is 0 Å². The van der Waals surface area contributed by atoms with Gasteiger partial charge in [0.15, 0.2) is 0 Å². The summed E-state index contributed by atoms with van der Waals surface area (Å²) in [6.45, 7) is 0. The average molecular weight is 433 g/mol. The zero-order chi connectivity index (χ0) is 19.3. The van der Waals surface area contributed by atoms with E-state index in [0.29, 0.717) is 21.5 Å². The second-order valence-electron chi connectivity index (χ2n) is 5.56. The van der Waals surface area contributed by atoms with Crippen molar-refractivity contribution in [2.75, 3.05) is 25.2 Å². The van der Waals surface area contributed by atoms with Gasteiger partial charge in [-0.3, -0.25) is 4.79 Å². The van der Waals surface area contributed by atoms with E-state index in [1.807, 2.05) is 0 Å². The van der Waals surface area contributed by atoms with Crippen molar-refractivity contribution in [2.45, 2.75) is 10.6 Å². The maximum atomic E-state index is 12.1. The van der Waals surface area contributed by atoms with E-state index in [1.54, 1.807) is 30.3 Å². The summed E-state index contributed by atoms with van der Waals surface area (Å²) in [5.74, 6) is 0.449. The predicted octanol–water partition coefficient (Wildman–Crippen LogP) is 4.12. The molecule has 5 nitrogen and oxygen atoms in total. The molecular weight excluding hydrogens is 415 g/mol. The second-order valence-corrected chi connectivity index (χ2v) is 9.51. The third-order valence-electron chi connectivity index (χ3n) is 3.44. The van der Waals surface area contributed by atoms with Crippen LogP contribution in [-0.4, -0.2) is 38.5 Å². The van der Waals surface area contributed by atoms with Crippen molar-refractivity contribution in [2.24, 2.45) is 0 Å². The van der Waals surface area contributed by atoms with Crippen molar-refractivity contribution < 1.29 is 13.2 Å². The number of rotatable bonds is 7. The number of hydrogen-bond acceptors (Lipinski definition) is 4. The highest BCUT2D eigenvalue weighted by atomic mass is 35.5. The first-order valence-corrected chi connectivity index (χ1v) is 10.9. The lowest BCUT2D eigenvalue weighted by molar-refractivity contribution is -0.113. The summed E-state index contributed by atoms with van der Waals surface area (Å²) in [6.07, 6.45) is 0. The molecule has 0 radical (unpaired) electrons. The maximum absolute atomic E-state index is 12.1. The first kappa shape index (κ1) is 21.1. The van der Waals surface area contributed by atoms with Crippen LogP contribution in [0.25, 0.3) is 0 Å². The first-order valence-electron chi connectivity index (χ1n) is 7.55. The van der Waals surface area contributed by atoms with Crippen molar-refractivity contribution >= 4 is 56.6 Å². The third-order valence-corrected chi connectivity index (χ3v) is 6.92. The van der Waals surface area contributed by atoms with E-state index in [0.717, 1.165) is 9.87 Å². The molecule has 0 aromatic heterocycles. The second kappa shape index (κ2) is 9.10. The molecule has 1 amide bonds. The average Bonchev–Trinajstić information content (AvgIpc) is 2.57. The lowest BCUT2D eigenvalue weighted by Crippen LogP contribution is -2.22. The number of hydrogen-bond donors (Lipinski definition) is 1. The molecular formula is C17H18Cl2N2O3S2. The van der Waals surface area contributed by atoms with Crippen molar-refractivity contribution in [3.05, 3.63) is 58.1 Å². The molecule has 0 atom stereocenters. The Morgan fingerprint density at radius 3 is 2.35 bits per heavy atom. The summed E-state index contributed by atoms with van der Waals surface area (Å²) in [7, 11) is -0.639. The van der Waals surface area contributed by atoms with E-state index >= 15 is 0 Å². The van der Waals surface area contributed by atoms with Gasteiger partial charge in [0.2, 0.25) is 15.9 Å². The normalized spacial score (nSPS) is 11.6. The van der Waals surface area contributed by atoms with Gasteiger partial charge in [-0.2, -0.15) is 0 Å². The summed E-state index contributed by atoms with van der Waals surface area (Å²) >= 11 is 13.6. The van der Waals surface area contributed by atoms with Crippen molar-refractivity contribution in [1.82, 2.24) is 4.31 Å². The Morgan fingerprint density at radius 1 is 1.12 bits per heavy atom. The molecule has 0 spiro atoms. The number of anilines is 1. The number of carbonyl (C=O) groups excluding carboxylic acids is 1. The third kappa shape index (κ3) is 5.37. The van der Waals surface area contributed by atoms with Crippen molar-refractivity contribution in [3.63, 3.8) is 0 Å². The van der Waals surface area contributed by atoms with E-state index < -0.39 is 10.0 Å². The molecule has 1 N–H and O–H groups in total. The standard InChI is InChI=1S/C17H18Cl2N2O3S2/c1-21(2)26(23,24)13-6-3-5-12(9-13)20-17(22)11-25-10-14-15(18)7-4-8-16(14)19/h3-9H,10-11H2,1-2H3,(H,20,22). The Hall–Kier alpha value is -1.25. The van der Waals surface area contributed by atoms with Crippen LogP contribution in [-0.2, 0) is 20.6 Å². The molecule has 9 heteroatoms. The number of thioether (sulfide) groups is 1. The van der Waals surface area contributed by atoms with Crippen molar-refractivity contribution in [3.8, 4) is 0 Å². The van der Waals surface area contributed by atoms with E-state index in [2.05, 4.69) is 5.32 Å². The SMILES string of the molecule is CN(C)S(=O)(=O)c1cccc(NC(=O)CSCc2c(Cl)cccc2Cl)c1. The summed E-state index contributed by atoms with van der Waals surface area (Å²) in [5.41, 5.74) is 1.21. The fourth-order valence-corrected chi connectivity index (χ4v) is 4.57. The summed E-state index contributed by atoms with van der Waals surface area (Å²) < 4.78 is 25.4. The highest BCUT2D eigenvalue weighted by molar-refractivity contribution is 7.99. The molecule has 2 aromatic carbocycles. The molecule has 0 aliphatic heterocycles. The smallest absolute Gasteiger partial charge is 0.242 e. The number of nitrogens with one attached hydrogen (secondary N) is 1. The van der Waals surface area contributed by atoms with Gasteiger partial charge in [-0.05, 0) is 35.9 Å². The number of benzene rings is 2. The fourth-order valence-electron chi connectivity index (χ4n) is 2.06. The Morgan fingerprint density at radius 2 is 1.73 bits per heavy atom. The Labute approximate surface area is 167 Å². The monoisotopic (exact) mass is 432 g/mol. The minimum absolute atomic E-state index is 0.121. The molecule has 0 aliphatic rings. The zero-order valence-electron chi connectivity index (χ0n) is 14.2. The summed E-state index contributed by atoms with van der Waals surface area (Å²) in [6, 6.07) is 11.4. The van der Waals surface area contributed by atoms with Gasteiger partial charge in [0.25, 0.3) is 0 Å². The molecule has 140 valence electrons. The van der Waals surface area contributed by atoms with Crippen LogP contribution in [0.2, 0.25) is 10.0 Å². The topological polar surface area (TPSA) is 66.5 Å². The first-order chi connectivity index (χ1) is 12.2. The highest BCUT2D eigenvalue weighted by Gasteiger charge is 2.17. The molecule has 0 saturated carbocycles. The van der Waals surface area contributed by atoms with Gasteiger partial charge in [-0.25, -0.2) is 12.7 Å². The zero-order valence-corrected chi connectivity index (χ0v) is 17.3. The van der Waals surface area contributed by atoms with E-state index in [1.165, 1.54) is 38.0 Å². The lowest BCUT2D eigenvalue weighted by atomic mass is 10.2. The van der Waals surface area contributed by atoms with Crippen LogP contribution in [0.5, 0.6) is 0 Å². The largest absolute Gasteiger partial charge is 0.325 e. The van der Waals surface area contributed by atoms with E-state index in [9.17, 15) is 13.2 Å². The van der Waals surface area contributed by atoms with Gasteiger partial charge in [0.05, 0.1) is 10.6 Å². The minimum atomic E-state index is -3.55. The quantitative estimate of drug-likeness (QED) is 0.714. The van der Waals surface area contributed by atoms with Crippen LogP contribution >= 0.6 is 35.0 Å². The molecule has 0 bridgehead atoms. The summed E-state index contributed by atoms with van der Waals surface area (Å²) in [4.78, 5) is 12.2. The van der Waals surface area contributed by atoms with E-state index in [-0.39, 0.29) is 16.6 Å². The van der Waals surface area contributed by atoms with Gasteiger partial charge < -0.3 is 5.32 Å². The van der Waals surface area contributed by atoms with Crippen LogP contribution < -0.4 is 5.32 Å². The molecule has 0 unspecified atom stereocenters. The molecule has 0 aliphatic carbocycles. The van der Waals surface area contributed by atoms with Crippen LogP contribution in [0.3, 0.4) is 0 Å². The number of sulfonamides is 1. The Balaban J connectivity index is 1.96. The molecule has 26 heavy (non-hydrogen) atoms. The Kier molecular flexibility index (Phi) is 7.37. The molecule has 2 rings (SSSR count). The number of halogens is 2. The molecule has 2 aromatic rings. The van der Waals surface area contributed by atoms with Crippen LogP contribution in [0.15, 0.2) is 47.4 Å². The van der Waals surface area contributed by atoms with E-state index in [4.69, 9.17) is 23.2 Å². The molecule has 0 heterocycles. The molecule has 0 fully saturated rings. The maximum Gasteiger partial charge on any atom is 0.242 e. The Bertz CT molecular complexity index is 882. The lowest BCUT2D eigenvalue weighted by Gasteiger charge is -2.12. The van der Waals surface area contributed by atoms with Gasteiger partial charge in [0.1, 0.15) is 0 Å². The van der Waals surface area contributed by atoms with Crippen LogP contribution in [0, 0.1) is 0 Å². The van der Waals surface area contributed by atoms with Gasteiger partial charge in [-0.15, -0.1) is 11.8 Å². The van der Waals surface area contributed by atoms with Crippen LogP contribution in [0.1, 0.15) is 5.56 Å². The number of amides is 1. The molecule has 0 saturated heterocycles.